The van der Waals surface area contributed by atoms with Crippen molar-refractivity contribution in [3.63, 3.8) is 0 Å². The third-order valence-electron chi connectivity index (χ3n) is 1.96. The molecule has 0 aromatic heterocycles. The van der Waals surface area contributed by atoms with E-state index in [0.717, 1.165) is 12.8 Å². The first-order valence-corrected chi connectivity index (χ1v) is 4.67. The molecule has 12 heavy (non-hydrogen) atoms. The summed E-state index contributed by atoms with van der Waals surface area (Å²) in [7, 11) is 0. The second kappa shape index (κ2) is 6.40. The second-order valence-corrected chi connectivity index (χ2v) is 3.20. The van der Waals surface area contributed by atoms with Crippen LogP contribution in [0, 0.1) is 0 Å². The maximum atomic E-state index is 9.35. The molecule has 0 aromatic rings. The Balaban J connectivity index is 3.73. The minimum Gasteiger partial charge on any atom is -0.390 e. The van der Waals surface area contributed by atoms with Crippen molar-refractivity contribution in [2.45, 2.75) is 57.8 Å². The summed E-state index contributed by atoms with van der Waals surface area (Å²) in [4.78, 5) is 0. The van der Waals surface area contributed by atoms with Gasteiger partial charge in [-0.15, -0.1) is 0 Å². The molecule has 0 rings (SSSR count). The number of hydrogen-bond acceptors (Lipinski definition) is 3. The van der Waals surface area contributed by atoms with Crippen LogP contribution in [-0.4, -0.2) is 33.6 Å². The lowest BCUT2D eigenvalue weighted by molar-refractivity contribution is -0.0642. The number of rotatable bonds is 6. The molecule has 0 aliphatic heterocycles. The summed E-state index contributed by atoms with van der Waals surface area (Å²) in [5, 5.41) is 28.0. The lowest BCUT2D eigenvalue weighted by Crippen LogP contribution is -2.37. The highest BCUT2D eigenvalue weighted by atomic mass is 16.4. The minimum absolute atomic E-state index is 0.544. The average molecular weight is 176 g/mol. The Morgan fingerprint density at radius 2 is 1.17 bits per heavy atom. The van der Waals surface area contributed by atoms with Crippen molar-refractivity contribution in [2.75, 3.05) is 0 Å². The third kappa shape index (κ3) is 4.04. The van der Waals surface area contributed by atoms with E-state index in [0.29, 0.717) is 12.8 Å². The highest BCUT2D eigenvalue weighted by molar-refractivity contribution is 4.74. The summed E-state index contributed by atoms with van der Waals surface area (Å²) >= 11 is 0. The van der Waals surface area contributed by atoms with Gasteiger partial charge in [0.2, 0.25) is 0 Å². The van der Waals surface area contributed by atoms with E-state index < -0.39 is 18.3 Å². The molecule has 0 heterocycles. The molecular weight excluding hydrogens is 156 g/mol. The van der Waals surface area contributed by atoms with Crippen molar-refractivity contribution in [3.8, 4) is 0 Å². The monoisotopic (exact) mass is 176 g/mol. The zero-order valence-corrected chi connectivity index (χ0v) is 7.90. The predicted octanol–water partition coefficient (Wildman–Crippen LogP) is 0.669. The molecule has 0 aromatic carbocycles. The Kier molecular flexibility index (Phi) is 6.34. The van der Waals surface area contributed by atoms with Crippen LogP contribution in [-0.2, 0) is 0 Å². The van der Waals surface area contributed by atoms with Gasteiger partial charge in [0.1, 0.15) is 6.10 Å². The highest BCUT2D eigenvalue weighted by Gasteiger charge is 2.22. The van der Waals surface area contributed by atoms with Crippen molar-refractivity contribution < 1.29 is 15.3 Å². The summed E-state index contributed by atoms with van der Waals surface area (Å²) < 4.78 is 0. The molecule has 74 valence electrons. The van der Waals surface area contributed by atoms with Gasteiger partial charge in [-0.25, -0.2) is 0 Å². The summed E-state index contributed by atoms with van der Waals surface area (Å²) in [6, 6.07) is 0. The van der Waals surface area contributed by atoms with Gasteiger partial charge in [-0.3, -0.25) is 0 Å². The third-order valence-corrected chi connectivity index (χ3v) is 1.96. The molecule has 3 nitrogen and oxygen atoms in total. The Labute approximate surface area is 74.0 Å². The van der Waals surface area contributed by atoms with Crippen LogP contribution in [0.5, 0.6) is 0 Å². The van der Waals surface area contributed by atoms with Crippen LogP contribution >= 0.6 is 0 Å². The molecule has 0 spiro atoms. The van der Waals surface area contributed by atoms with Gasteiger partial charge in [0.15, 0.2) is 0 Å². The number of aliphatic hydroxyl groups is 3. The molecule has 3 N–H and O–H groups in total. The van der Waals surface area contributed by atoms with Crippen molar-refractivity contribution in [1.29, 1.82) is 0 Å². The quantitative estimate of drug-likeness (QED) is 0.557. The fraction of sp³-hybridized carbons (Fsp3) is 1.00. The maximum Gasteiger partial charge on any atom is 0.106 e. The zero-order valence-electron chi connectivity index (χ0n) is 7.90. The molecule has 2 unspecified atom stereocenters. The largest absolute Gasteiger partial charge is 0.390 e. The molecule has 0 saturated carbocycles. The normalized spacial score (nSPS) is 18.8. The summed E-state index contributed by atoms with van der Waals surface area (Å²) in [5.41, 5.74) is 0. The van der Waals surface area contributed by atoms with Crippen LogP contribution in [0.1, 0.15) is 39.5 Å². The van der Waals surface area contributed by atoms with Gasteiger partial charge in [-0.2, -0.15) is 0 Å². The van der Waals surface area contributed by atoms with Gasteiger partial charge in [0, 0.05) is 0 Å². The van der Waals surface area contributed by atoms with Gasteiger partial charge in [0.05, 0.1) is 12.2 Å². The van der Waals surface area contributed by atoms with Gasteiger partial charge in [0.25, 0.3) is 0 Å². The molecule has 0 radical (unpaired) electrons. The highest BCUT2D eigenvalue weighted by Crippen LogP contribution is 2.09. The first-order valence-electron chi connectivity index (χ1n) is 4.67. The van der Waals surface area contributed by atoms with E-state index >= 15 is 0 Å². The molecule has 0 aliphatic rings. The fourth-order valence-corrected chi connectivity index (χ4v) is 1.19. The molecule has 0 bridgehead atoms. The van der Waals surface area contributed by atoms with E-state index in [1.807, 2.05) is 13.8 Å². The van der Waals surface area contributed by atoms with Gasteiger partial charge < -0.3 is 15.3 Å². The van der Waals surface area contributed by atoms with Gasteiger partial charge in [-0.1, -0.05) is 26.7 Å². The first kappa shape index (κ1) is 11.9. The Bertz CT molecular complexity index is 93.9. The van der Waals surface area contributed by atoms with E-state index in [1.54, 1.807) is 0 Å². The van der Waals surface area contributed by atoms with Gasteiger partial charge >= 0.3 is 0 Å². The molecule has 0 amide bonds. The average Bonchev–Trinajstić information content (AvgIpc) is 2.04. The standard InChI is InChI=1S/C9H20O3/c1-3-5-7(10)9(12)8(11)6-4-2/h7-12H,3-6H2,1-2H3. The fourth-order valence-electron chi connectivity index (χ4n) is 1.19. The predicted molar refractivity (Wildman–Crippen MR) is 47.8 cm³/mol. The lowest BCUT2D eigenvalue weighted by atomic mass is 10.0. The number of aliphatic hydroxyl groups excluding tert-OH is 3. The Morgan fingerprint density at radius 3 is 1.42 bits per heavy atom. The van der Waals surface area contributed by atoms with E-state index in [9.17, 15) is 15.3 Å². The SMILES string of the molecule is CCCC(O)C(O)C(O)CCC. The van der Waals surface area contributed by atoms with Crippen LogP contribution in [0.2, 0.25) is 0 Å². The van der Waals surface area contributed by atoms with Crippen molar-refractivity contribution in [3.05, 3.63) is 0 Å². The van der Waals surface area contributed by atoms with Crippen LogP contribution < -0.4 is 0 Å². The van der Waals surface area contributed by atoms with E-state index in [2.05, 4.69) is 0 Å². The summed E-state index contributed by atoms with van der Waals surface area (Å²) in [6.45, 7) is 3.87. The molecular formula is C9H20O3. The smallest absolute Gasteiger partial charge is 0.106 e. The van der Waals surface area contributed by atoms with Crippen LogP contribution in [0.25, 0.3) is 0 Å². The van der Waals surface area contributed by atoms with Crippen LogP contribution in [0.3, 0.4) is 0 Å². The first-order chi connectivity index (χ1) is 5.63. The minimum atomic E-state index is -0.982. The van der Waals surface area contributed by atoms with Crippen molar-refractivity contribution in [1.82, 2.24) is 0 Å². The molecule has 0 saturated heterocycles. The second-order valence-electron chi connectivity index (χ2n) is 3.20. The summed E-state index contributed by atoms with van der Waals surface area (Å²) in [5.74, 6) is 0. The van der Waals surface area contributed by atoms with Crippen LogP contribution in [0.4, 0.5) is 0 Å². The Morgan fingerprint density at radius 1 is 0.833 bits per heavy atom. The topological polar surface area (TPSA) is 60.7 Å². The summed E-state index contributed by atoms with van der Waals surface area (Å²) in [6.07, 6.45) is 0.177. The maximum absolute atomic E-state index is 9.35. The lowest BCUT2D eigenvalue weighted by Gasteiger charge is -2.21. The van der Waals surface area contributed by atoms with E-state index in [4.69, 9.17) is 0 Å². The van der Waals surface area contributed by atoms with Gasteiger partial charge in [-0.05, 0) is 12.8 Å². The molecule has 0 fully saturated rings. The zero-order chi connectivity index (χ0) is 9.56. The Hall–Kier alpha value is -0.120. The molecule has 0 aliphatic carbocycles. The van der Waals surface area contributed by atoms with E-state index in [1.165, 1.54) is 0 Å². The molecule has 2 atom stereocenters. The van der Waals surface area contributed by atoms with Crippen molar-refractivity contribution >= 4 is 0 Å². The molecule has 3 heteroatoms. The number of hydrogen-bond donors (Lipinski definition) is 3. The van der Waals surface area contributed by atoms with Crippen LogP contribution in [0.15, 0.2) is 0 Å². The van der Waals surface area contributed by atoms with Crippen molar-refractivity contribution in [2.24, 2.45) is 0 Å². The van der Waals surface area contributed by atoms with E-state index in [-0.39, 0.29) is 0 Å².